The molecule has 1 heterocycles. The number of amides is 1. The number of anilines is 1. The van der Waals surface area contributed by atoms with Crippen LogP contribution in [-0.2, 0) is 15.3 Å². The minimum Gasteiger partial charge on any atom is -0.465 e. The number of rotatable bonds is 6. The predicted octanol–water partition coefficient (Wildman–Crippen LogP) is 4.37. The maximum Gasteiger partial charge on any atom is 0.337 e. The molecule has 1 aromatic carbocycles. The minimum absolute atomic E-state index is 0.109. The van der Waals surface area contributed by atoms with Gasteiger partial charge in [-0.1, -0.05) is 17.7 Å². The second kappa shape index (κ2) is 8.38. The Morgan fingerprint density at radius 3 is 2.74 bits per heavy atom. The second-order valence-corrected chi connectivity index (χ2v) is 7.55. The molecule has 0 aliphatic heterocycles. The average Bonchev–Trinajstić information content (AvgIpc) is 2.94. The number of halogens is 1. The number of thiophene rings is 1. The van der Waals surface area contributed by atoms with Crippen LogP contribution in [0.3, 0.4) is 0 Å². The molecule has 0 spiro atoms. The molecule has 1 aromatic heterocycles. The van der Waals surface area contributed by atoms with E-state index in [9.17, 15) is 9.59 Å². The molecule has 7 heteroatoms. The number of esters is 1. The molecule has 0 unspecified atom stereocenters. The van der Waals surface area contributed by atoms with Gasteiger partial charge in [0.25, 0.3) is 0 Å². The molecule has 2 aromatic rings. The monoisotopic (exact) mass is 369 g/mol. The first kappa shape index (κ1) is 17.8. The number of benzene rings is 1. The van der Waals surface area contributed by atoms with Gasteiger partial charge in [0.1, 0.15) is 0 Å². The van der Waals surface area contributed by atoms with E-state index in [0.29, 0.717) is 17.0 Å². The second-order valence-electron chi connectivity index (χ2n) is 4.77. The number of methoxy groups -OCH3 is 1. The van der Waals surface area contributed by atoms with Crippen molar-refractivity contribution in [3.05, 3.63) is 50.7 Å². The Morgan fingerprint density at radius 2 is 2.09 bits per heavy atom. The molecular formula is C16H16ClNO3S2. The summed E-state index contributed by atoms with van der Waals surface area (Å²) in [5.41, 5.74) is 1.92. The maximum atomic E-state index is 12.0. The van der Waals surface area contributed by atoms with Gasteiger partial charge in [-0.25, -0.2) is 4.79 Å². The smallest absolute Gasteiger partial charge is 0.337 e. The Labute approximate surface area is 148 Å². The highest BCUT2D eigenvalue weighted by molar-refractivity contribution is 7.99. The fourth-order valence-corrected chi connectivity index (χ4v) is 3.89. The first-order chi connectivity index (χ1) is 11.0. The van der Waals surface area contributed by atoms with Crippen LogP contribution < -0.4 is 5.32 Å². The van der Waals surface area contributed by atoms with E-state index >= 15 is 0 Å². The summed E-state index contributed by atoms with van der Waals surface area (Å²) in [6.07, 6.45) is 0. The Balaban J connectivity index is 1.90. The SMILES string of the molecule is COC(=O)c1ccc(C)c(NC(=O)CSCc2ccc(Cl)s2)c1. The summed E-state index contributed by atoms with van der Waals surface area (Å²) in [6.45, 7) is 1.87. The molecule has 2 rings (SSSR count). The van der Waals surface area contributed by atoms with E-state index in [2.05, 4.69) is 10.1 Å². The summed E-state index contributed by atoms with van der Waals surface area (Å²) in [5.74, 6) is 0.538. The van der Waals surface area contributed by atoms with E-state index in [1.54, 1.807) is 18.2 Å². The van der Waals surface area contributed by atoms with Crippen LogP contribution in [-0.4, -0.2) is 24.7 Å². The lowest BCUT2D eigenvalue weighted by Crippen LogP contribution is -2.15. The largest absolute Gasteiger partial charge is 0.465 e. The number of thioether (sulfide) groups is 1. The molecule has 23 heavy (non-hydrogen) atoms. The fraction of sp³-hybridized carbons (Fsp3) is 0.250. The molecule has 1 N–H and O–H groups in total. The molecule has 0 saturated carbocycles. The predicted molar refractivity (Wildman–Crippen MR) is 96.6 cm³/mol. The Bertz CT molecular complexity index is 715. The van der Waals surface area contributed by atoms with Crippen LogP contribution in [0.15, 0.2) is 30.3 Å². The molecule has 0 aliphatic carbocycles. The lowest BCUT2D eigenvalue weighted by atomic mass is 10.1. The molecule has 0 aliphatic rings. The standard InChI is InChI=1S/C16H16ClNO3S2/c1-10-3-4-11(16(20)21-2)7-13(10)18-15(19)9-22-8-12-5-6-14(17)23-12/h3-7H,8-9H2,1-2H3,(H,18,19). The first-order valence-electron chi connectivity index (χ1n) is 6.80. The van der Waals surface area contributed by atoms with Crippen molar-refractivity contribution in [2.24, 2.45) is 0 Å². The van der Waals surface area contributed by atoms with Crippen LogP contribution >= 0.6 is 34.7 Å². The van der Waals surface area contributed by atoms with E-state index < -0.39 is 5.97 Å². The van der Waals surface area contributed by atoms with E-state index in [-0.39, 0.29) is 5.91 Å². The van der Waals surface area contributed by atoms with Crippen LogP contribution in [0.5, 0.6) is 0 Å². The molecule has 0 radical (unpaired) electrons. The van der Waals surface area contributed by atoms with Crippen LogP contribution in [0, 0.1) is 6.92 Å². The van der Waals surface area contributed by atoms with Crippen LogP contribution in [0.25, 0.3) is 0 Å². The minimum atomic E-state index is -0.426. The summed E-state index contributed by atoms with van der Waals surface area (Å²) >= 11 is 8.90. The van der Waals surface area contributed by atoms with Crippen molar-refractivity contribution in [3.8, 4) is 0 Å². The number of aryl methyl sites for hydroxylation is 1. The normalized spacial score (nSPS) is 10.4. The summed E-state index contributed by atoms with van der Waals surface area (Å²) in [6, 6.07) is 8.89. The van der Waals surface area contributed by atoms with Gasteiger partial charge in [0, 0.05) is 16.3 Å². The van der Waals surface area contributed by atoms with E-state index in [4.69, 9.17) is 11.6 Å². The third kappa shape index (κ3) is 5.27. The van der Waals surface area contributed by atoms with Crippen LogP contribution in [0.2, 0.25) is 4.34 Å². The Hall–Kier alpha value is -1.50. The number of carbonyl (C=O) groups is 2. The van der Waals surface area contributed by atoms with Gasteiger partial charge in [0.2, 0.25) is 5.91 Å². The van der Waals surface area contributed by atoms with Gasteiger partial charge in [0.05, 0.1) is 22.8 Å². The Kier molecular flexibility index (Phi) is 6.50. The van der Waals surface area contributed by atoms with Gasteiger partial charge < -0.3 is 10.1 Å². The van der Waals surface area contributed by atoms with Crippen LogP contribution in [0.4, 0.5) is 5.69 Å². The van der Waals surface area contributed by atoms with Crippen molar-refractivity contribution in [3.63, 3.8) is 0 Å². The van der Waals surface area contributed by atoms with Crippen molar-refractivity contribution in [2.75, 3.05) is 18.2 Å². The zero-order chi connectivity index (χ0) is 16.8. The number of carbonyl (C=O) groups excluding carboxylic acids is 2. The molecule has 122 valence electrons. The van der Waals surface area contributed by atoms with Gasteiger partial charge in [-0.15, -0.1) is 23.1 Å². The molecule has 4 nitrogen and oxygen atoms in total. The molecule has 1 amide bonds. The van der Waals surface area contributed by atoms with Crippen LogP contribution in [0.1, 0.15) is 20.8 Å². The zero-order valence-electron chi connectivity index (χ0n) is 12.7. The van der Waals surface area contributed by atoms with Crippen molar-refractivity contribution >= 4 is 52.3 Å². The van der Waals surface area contributed by atoms with Gasteiger partial charge >= 0.3 is 5.97 Å². The van der Waals surface area contributed by atoms with Gasteiger partial charge in [0.15, 0.2) is 0 Å². The summed E-state index contributed by atoms with van der Waals surface area (Å²) in [4.78, 5) is 24.7. The van der Waals surface area contributed by atoms with E-state index in [0.717, 1.165) is 20.5 Å². The first-order valence-corrected chi connectivity index (χ1v) is 9.15. The van der Waals surface area contributed by atoms with E-state index in [1.807, 2.05) is 19.1 Å². The van der Waals surface area contributed by atoms with Crippen molar-refractivity contribution < 1.29 is 14.3 Å². The van der Waals surface area contributed by atoms with Gasteiger partial charge in [-0.3, -0.25) is 4.79 Å². The molecular weight excluding hydrogens is 354 g/mol. The zero-order valence-corrected chi connectivity index (χ0v) is 15.1. The highest BCUT2D eigenvalue weighted by Gasteiger charge is 2.10. The van der Waals surface area contributed by atoms with Crippen molar-refractivity contribution in [1.82, 2.24) is 0 Å². The molecule has 0 bridgehead atoms. The number of nitrogens with one attached hydrogen (secondary N) is 1. The quantitative estimate of drug-likeness (QED) is 0.768. The fourth-order valence-electron chi connectivity index (χ4n) is 1.86. The van der Waals surface area contributed by atoms with Crippen molar-refractivity contribution in [2.45, 2.75) is 12.7 Å². The maximum absolute atomic E-state index is 12.0. The lowest BCUT2D eigenvalue weighted by Gasteiger charge is -2.10. The highest BCUT2D eigenvalue weighted by Crippen LogP contribution is 2.25. The third-order valence-electron chi connectivity index (χ3n) is 3.04. The topological polar surface area (TPSA) is 55.4 Å². The molecule has 0 saturated heterocycles. The average molecular weight is 370 g/mol. The molecule has 0 fully saturated rings. The summed E-state index contributed by atoms with van der Waals surface area (Å²) < 4.78 is 5.44. The Morgan fingerprint density at radius 1 is 1.30 bits per heavy atom. The van der Waals surface area contributed by atoms with E-state index in [1.165, 1.54) is 30.2 Å². The number of ether oxygens (including phenoxy) is 1. The highest BCUT2D eigenvalue weighted by atomic mass is 35.5. The number of hydrogen-bond acceptors (Lipinski definition) is 5. The third-order valence-corrected chi connectivity index (χ3v) is 5.43. The van der Waals surface area contributed by atoms with Crippen molar-refractivity contribution in [1.29, 1.82) is 0 Å². The van der Waals surface area contributed by atoms with Gasteiger partial charge in [-0.2, -0.15) is 0 Å². The molecule has 0 atom stereocenters. The summed E-state index contributed by atoms with van der Waals surface area (Å²) in [5, 5.41) is 2.83. The number of hydrogen-bond donors (Lipinski definition) is 1. The summed E-state index contributed by atoms with van der Waals surface area (Å²) in [7, 11) is 1.33. The lowest BCUT2D eigenvalue weighted by molar-refractivity contribution is -0.113. The van der Waals surface area contributed by atoms with Gasteiger partial charge in [-0.05, 0) is 36.8 Å².